The van der Waals surface area contributed by atoms with Crippen molar-refractivity contribution in [1.82, 2.24) is 9.88 Å². The van der Waals surface area contributed by atoms with Gasteiger partial charge in [0.15, 0.2) is 0 Å². The number of carbonyl (C=O) groups excluding carboxylic acids is 1. The fourth-order valence-corrected chi connectivity index (χ4v) is 5.07. The van der Waals surface area contributed by atoms with Crippen LogP contribution in [-0.4, -0.2) is 48.6 Å². The Bertz CT molecular complexity index is 1140. The monoisotopic (exact) mass is 511 g/mol. The zero-order valence-electron chi connectivity index (χ0n) is 19.3. The minimum absolute atomic E-state index is 0.0939. The molecule has 1 aliphatic carbocycles. The summed E-state index contributed by atoms with van der Waals surface area (Å²) in [6, 6.07) is 3.92. The van der Waals surface area contributed by atoms with Gasteiger partial charge in [-0.05, 0) is 49.3 Å². The molecule has 5 nitrogen and oxygen atoms in total. The van der Waals surface area contributed by atoms with Crippen LogP contribution in [-0.2, 0) is 6.18 Å². The van der Waals surface area contributed by atoms with Gasteiger partial charge in [-0.25, -0.2) is 9.37 Å². The second-order valence-corrected chi connectivity index (χ2v) is 10.5. The standard InChI is InChI=1S/C25H26ClF4N3O2/c1-24(12-33(13-24)22-9-18(25(28,29)30)19(26)11-31-22)14-35-21-10-20(27)17(8-16(21)15-4-5-15)23(34)32-6-2-3-7-32/h8-11,15H,2-7,12-14H2,1H3. The molecule has 1 aromatic carbocycles. The van der Waals surface area contributed by atoms with E-state index in [-0.39, 0.29) is 35.2 Å². The van der Waals surface area contributed by atoms with Gasteiger partial charge in [-0.1, -0.05) is 18.5 Å². The van der Waals surface area contributed by atoms with E-state index in [4.69, 9.17) is 16.3 Å². The molecule has 2 aromatic rings. The number of hydrogen-bond donors (Lipinski definition) is 0. The van der Waals surface area contributed by atoms with E-state index in [1.807, 2.05) is 6.92 Å². The molecule has 1 aromatic heterocycles. The van der Waals surface area contributed by atoms with E-state index in [0.717, 1.165) is 43.5 Å². The Morgan fingerprint density at radius 2 is 1.89 bits per heavy atom. The lowest BCUT2D eigenvalue weighted by molar-refractivity contribution is -0.137. The molecule has 1 amide bonds. The molecule has 3 fully saturated rings. The molecule has 0 N–H and O–H groups in total. The van der Waals surface area contributed by atoms with E-state index in [2.05, 4.69) is 4.98 Å². The predicted octanol–water partition coefficient (Wildman–Crippen LogP) is 5.91. The van der Waals surface area contributed by atoms with Gasteiger partial charge in [0, 0.05) is 43.9 Å². The minimum atomic E-state index is -4.56. The summed E-state index contributed by atoms with van der Waals surface area (Å²) >= 11 is 5.67. The summed E-state index contributed by atoms with van der Waals surface area (Å²) in [4.78, 5) is 20.2. The molecule has 188 valence electrons. The summed E-state index contributed by atoms with van der Waals surface area (Å²) < 4.78 is 60.5. The molecule has 0 unspecified atom stereocenters. The average molecular weight is 512 g/mol. The third kappa shape index (κ3) is 4.92. The summed E-state index contributed by atoms with van der Waals surface area (Å²) in [5.41, 5.74) is -0.317. The first-order valence-corrected chi connectivity index (χ1v) is 12.2. The maximum Gasteiger partial charge on any atom is 0.418 e. The first-order chi connectivity index (χ1) is 16.5. The highest BCUT2D eigenvalue weighted by atomic mass is 35.5. The van der Waals surface area contributed by atoms with Crippen LogP contribution >= 0.6 is 11.6 Å². The van der Waals surface area contributed by atoms with E-state index in [9.17, 15) is 22.4 Å². The van der Waals surface area contributed by atoms with Crippen molar-refractivity contribution < 1.29 is 27.1 Å². The van der Waals surface area contributed by atoms with Gasteiger partial charge in [0.2, 0.25) is 0 Å². The van der Waals surface area contributed by atoms with Crippen molar-refractivity contribution in [2.75, 3.05) is 37.7 Å². The number of nitrogens with zero attached hydrogens (tertiary/aromatic N) is 3. The van der Waals surface area contributed by atoms with Gasteiger partial charge in [0.05, 0.1) is 22.8 Å². The number of halogens is 5. The molecule has 5 rings (SSSR count). The number of rotatable bonds is 6. The number of alkyl halides is 3. The highest BCUT2D eigenvalue weighted by Gasteiger charge is 2.42. The topological polar surface area (TPSA) is 45.7 Å². The van der Waals surface area contributed by atoms with Crippen molar-refractivity contribution in [3.05, 3.63) is 51.9 Å². The van der Waals surface area contributed by atoms with Crippen molar-refractivity contribution in [1.29, 1.82) is 0 Å². The zero-order chi connectivity index (χ0) is 25.0. The van der Waals surface area contributed by atoms with Crippen LogP contribution in [0.15, 0.2) is 24.4 Å². The molecule has 3 aliphatic rings. The molecule has 10 heteroatoms. The van der Waals surface area contributed by atoms with E-state index in [1.165, 1.54) is 6.07 Å². The number of benzene rings is 1. The van der Waals surface area contributed by atoms with Crippen molar-refractivity contribution in [2.45, 2.75) is 44.7 Å². The third-order valence-corrected chi connectivity index (χ3v) is 7.23. The van der Waals surface area contributed by atoms with E-state index in [1.54, 1.807) is 15.9 Å². The SMILES string of the molecule is CC1(COc2cc(F)c(C(=O)N3CCCC3)cc2C2CC2)CN(c2cc(C(F)(F)F)c(Cl)cn2)C1. The van der Waals surface area contributed by atoms with Crippen LogP contribution in [0.2, 0.25) is 5.02 Å². The quantitative estimate of drug-likeness (QED) is 0.452. The van der Waals surface area contributed by atoms with Crippen LogP contribution in [0.25, 0.3) is 0 Å². The molecule has 35 heavy (non-hydrogen) atoms. The molecule has 0 radical (unpaired) electrons. The molecule has 0 spiro atoms. The molecular formula is C25H26ClF4N3O2. The first-order valence-electron chi connectivity index (χ1n) is 11.8. The summed E-state index contributed by atoms with van der Waals surface area (Å²) in [6.07, 6.45) is 0.257. The Kier molecular flexibility index (Phi) is 6.10. The normalized spacial score (nSPS) is 19.6. The summed E-state index contributed by atoms with van der Waals surface area (Å²) in [5.74, 6) is 0.0243. The first kappa shape index (κ1) is 24.2. The summed E-state index contributed by atoms with van der Waals surface area (Å²) in [6.45, 7) is 4.40. The van der Waals surface area contributed by atoms with Crippen LogP contribution in [0.4, 0.5) is 23.4 Å². The second-order valence-electron chi connectivity index (χ2n) is 10.1. The molecule has 0 atom stereocenters. The lowest BCUT2D eigenvalue weighted by atomic mass is 9.82. The Labute approximate surface area is 206 Å². The van der Waals surface area contributed by atoms with Crippen molar-refractivity contribution in [3.63, 3.8) is 0 Å². The number of anilines is 1. The predicted molar refractivity (Wildman–Crippen MR) is 124 cm³/mol. The lowest BCUT2D eigenvalue weighted by Crippen LogP contribution is -2.58. The number of hydrogen-bond acceptors (Lipinski definition) is 4. The molecule has 2 aliphatic heterocycles. The van der Waals surface area contributed by atoms with Gasteiger partial charge in [0.25, 0.3) is 5.91 Å². The number of likely N-dealkylation sites (tertiary alicyclic amines) is 1. The van der Waals surface area contributed by atoms with Crippen LogP contribution in [0.1, 0.15) is 60.0 Å². The summed E-state index contributed by atoms with van der Waals surface area (Å²) in [5, 5.41) is -0.436. The highest BCUT2D eigenvalue weighted by Crippen LogP contribution is 2.46. The van der Waals surface area contributed by atoms with Crippen LogP contribution in [0.3, 0.4) is 0 Å². The number of carbonyl (C=O) groups is 1. The smallest absolute Gasteiger partial charge is 0.418 e. The number of aromatic nitrogens is 1. The van der Waals surface area contributed by atoms with Gasteiger partial charge in [0.1, 0.15) is 17.4 Å². The van der Waals surface area contributed by atoms with Crippen LogP contribution < -0.4 is 9.64 Å². The van der Waals surface area contributed by atoms with E-state index < -0.39 is 22.6 Å². The third-order valence-electron chi connectivity index (χ3n) is 6.93. The van der Waals surface area contributed by atoms with Gasteiger partial charge >= 0.3 is 6.18 Å². The fourth-order valence-electron chi connectivity index (χ4n) is 4.86. The Morgan fingerprint density at radius 1 is 1.20 bits per heavy atom. The average Bonchev–Trinajstić information content (AvgIpc) is 3.47. The number of pyridine rings is 1. The highest BCUT2D eigenvalue weighted by molar-refractivity contribution is 6.31. The Balaban J connectivity index is 1.27. The maximum atomic E-state index is 14.9. The molecule has 3 heterocycles. The molecule has 2 saturated heterocycles. The van der Waals surface area contributed by atoms with Crippen LogP contribution in [0.5, 0.6) is 5.75 Å². The van der Waals surface area contributed by atoms with Gasteiger partial charge in [-0.2, -0.15) is 13.2 Å². The largest absolute Gasteiger partial charge is 0.492 e. The number of amides is 1. The van der Waals surface area contributed by atoms with Crippen molar-refractivity contribution >= 4 is 23.3 Å². The van der Waals surface area contributed by atoms with Gasteiger partial charge in [-0.3, -0.25) is 4.79 Å². The zero-order valence-corrected chi connectivity index (χ0v) is 20.1. The Morgan fingerprint density at radius 3 is 2.51 bits per heavy atom. The lowest BCUT2D eigenvalue weighted by Gasteiger charge is -2.48. The molecular weight excluding hydrogens is 486 g/mol. The van der Waals surface area contributed by atoms with Crippen molar-refractivity contribution in [3.8, 4) is 5.75 Å². The minimum Gasteiger partial charge on any atom is -0.492 e. The van der Waals surface area contributed by atoms with Gasteiger partial charge in [-0.15, -0.1) is 0 Å². The van der Waals surface area contributed by atoms with E-state index in [0.29, 0.717) is 31.9 Å². The fraction of sp³-hybridized carbons (Fsp3) is 0.520. The van der Waals surface area contributed by atoms with Gasteiger partial charge < -0.3 is 14.5 Å². The molecule has 1 saturated carbocycles. The Hall–Kier alpha value is -2.55. The van der Waals surface area contributed by atoms with Crippen molar-refractivity contribution in [2.24, 2.45) is 5.41 Å². The molecule has 0 bridgehead atoms. The maximum absolute atomic E-state index is 14.9. The van der Waals surface area contributed by atoms with E-state index >= 15 is 0 Å². The summed E-state index contributed by atoms with van der Waals surface area (Å²) in [7, 11) is 0. The van der Waals surface area contributed by atoms with Crippen LogP contribution in [0, 0.1) is 11.2 Å². The second kappa shape index (κ2) is 8.84. The number of ether oxygens (including phenoxy) is 1.